The molecule has 6 nitrogen and oxygen atoms in total. The minimum atomic E-state index is -0.0629. The first-order chi connectivity index (χ1) is 16.7. The van der Waals surface area contributed by atoms with E-state index in [1.807, 2.05) is 48.7 Å². The molecule has 0 bridgehead atoms. The Balaban J connectivity index is 1.24. The Morgan fingerprint density at radius 3 is 2.59 bits per heavy atom. The van der Waals surface area contributed by atoms with Crippen molar-refractivity contribution in [1.29, 1.82) is 0 Å². The summed E-state index contributed by atoms with van der Waals surface area (Å²) in [6.45, 7) is 0.491. The molecule has 2 heterocycles. The van der Waals surface area contributed by atoms with Crippen molar-refractivity contribution >= 4 is 28.4 Å². The number of aromatic nitrogens is 3. The first-order valence-electron chi connectivity index (χ1n) is 11.1. The Morgan fingerprint density at radius 2 is 1.76 bits per heavy atom. The van der Waals surface area contributed by atoms with Crippen molar-refractivity contribution in [3.05, 3.63) is 107 Å². The maximum atomic E-state index is 12.7. The summed E-state index contributed by atoms with van der Waals surface area (Å²) in [6.07, 6.45) is 2.67. The summed E-state index contributed by atoms with van der Waals surface area (Å²) in [6, 6.07) is 25.6. The molecule has 5 rings (SSSR count). The van der Waals surface area contributed by atoms with Gasteiger partial charge in [0.1, 0.15) is 0 Å². The van der Waals surface area contributed by atoms with Crippen LogP contribution in [0.4, 0.5) is 0 Å². The third-order valence-corrected chi connectivity index (χ3v) is 6.09. The lowest BCUT2D eigenvalue weighted by molar-refractivity contribution is -0.121. The van der Waals surface area contributed by atoms with E-state index in [-0.39, 0.29) is 18.2 Å². The summed E-state index contributed by atoms with van der Waals surface area (Å²) in [5.41, 5.74) is 4.20. The molecule has 0 aliphatic heterocycles. The molecule has 2 N–H and O–H groups in total. The Bertz CT molecular complexity index is 1390. The number of fused-ring (bicyclic) bond motifs is 1. The van der Waals surface area contributed by atoms with Crippen LogP contribution in [-0.4, -0.2) is 27.6 Å². The summed E-state index contributed by atoms with van der Waals surface area (Å²) in [5, 5.41) is 8.90. The predicted molar refractivity (Wildman–Crippen MR) is 133 cm³/mol. The minimum absolute atomic E-state index is 0.0289. The average Bonchev–Trinajstić information content (AvgIpc) is 3.52. The smallest absolute Gasteiger partial charge is 0.227 e. The Hall–Kier alpha value is -3.90. The van der Waals surface area contributed by atoms with Gasteiger partial charge in [0.15, 0.2) is 0 Å². The van der Waals surface area contributed by atoms with Gasteiger partial charge in [-0.25, -0.2) is 0 Å². The van der Waals surface area contributed by atoms with Crippen molar-refractivity contribution in [3.63, 3.8) is 0 Å². The van der Waals surface area contributed by atoms with Crippen LogP contribution in [0.5, 0.6) is 0 Å². The van der Waals surface area contributed by atoms with Crippen molar-refractivity contribution in [2.24, 2.45) is 0 Å². The maximum absolute atomic E-state index is 12.7. The van der Waals surface area contributed by atoms with Crippen molar-refractivity contribution in [2.45, 2.75) is 18.8 Å². The highest BCUT2D eigenvalue weighted by atomic mass is 35.5. The standard InChI is InChI=1S/C27H23ClN4O2/c28-20-12-10-19(11-13-20)27-31-26(34-32-27)15-14-25(33)30-16-22(18-6-2-1-3-7-18)23-17-29-24-9-5-4-8-21(23)24/h1-13,17,22,29H,14-16H2,(H,30,33). The molecule has 0 saturated carbocycles. The molecule has 1 atom stereocenters. The number of carbonyl (C=O) groups is 1. The molecule has 0 spiro atoms. The normalized spacial score (nSPS) is 12.0. The molecule has 0 radical (unpaired) electrons. The van der Waals surface area contributed by atoms with E-state index in [4.69, 9.17) is 16.1 Å². The first kappa shape index (κ1) is 21.9. The number of benzene rings is 3. The fourth-order valence-electron chi connectivity index (χ4n) is 4.07. The van der Waals surface area contributed by atoms with E-state index >= 15 is 0 Å². The number of nitrogens with zero attached hydrogens (tertiary/aromatic N) is 2. The zero-order valence-electron chi connectivity index (χ0n) is 18.4. The third-order valence-electron chi connectivity index (χ3n) is 5.84. The molecule has 3 aromatic carbocycles. The summed E-state index contributed by atoms with van der Waals surface area (Å²) in [5.74, 6) is 0.875. The lowest BCUT2D eigenvalue weighted by atomic mass is 9.91. The zero-order valence-corrected chi connectivity index (χ0v) is 19.1. The largest absolute Gasteiger partial charge is 0.361 e. The van der Waals surface area contributed by atoms with E-state index in [1.54, 1.807) is 12.1 Å². The third kappa shape index (κ3) is 4.87. The summed E-state index contributed by atoms with van der Waals surface area (Å²) in [4.78, 5) is 20.4. The van der Waals surface area contributed by atoms with Crippen LogP contribution in [0.15, 0.2) is 89.6 Å². The van der Waals surface area contributed by atoms with Crippen LogP contribution in [0.1, 0.15) is 29.4 Å². The van der Waals surface area contributed by atoms with Gasteiger partial charge >= 0.3 is 0 Å². The van der Waals surface area contributed by atoms with Crippen molar-refractivity contribution in [2.75, 3.05) is 6.54 Å². The highest BCUT2D eigenvalue weighted by molar-refractivity contribution is 6.30. The van der Waals surface area contributed by atoms with Gasteiger partial charge in [0.05, 0.1) is 0 Å². The Morgan fingerprint density at radius 1 is 1.00 bits per heavy atom. The lowest BCUT2D eigenvalue weighted by Gasteiger charge is -2.18. The highest BCUT2D eigenvalue weighted by Gasteiger charge is 2.19. The van der Waals surface area contributed by atoms with Crippen LogP contribution in [0, 0.1) is 0 Å². The number of aromatic amines is 1. The van der Waals surface area contributed by atoms with Crippen LogP contribution >= 0.6 is 11.6 Å². The van der Waals surface area contributed by atoms with Crippen molar-refractivity contribution in [1.82, 2.24) is 20.4 Å². The summed E-state index contributed by atoms with van der Waals surface area (Å²) < 4.78 is 5.32. The van der Waals surface area contributed by atoms with Crippen LogP contribution in [0.25, 0.3) is 22.3 Å². The topological polar surface area (TPSA) is 83.8 Å². The molecule has 34 heavy (non-hydrogen) atoms. The number of amides is 1. The van der Waals surface area contributed by atoms with Gasteiger partial charge in [-0.05, 0) is 41.5 Å². The average molecular weight is 471 g/mol. The fraction of sp³-hybridized carbons (Fsp3) is 0.148. The number of halogens is 1. The van der Waals surface area contributed by atoms with E-state index in [9.17, 15) is 4.79 Å². The molecule has 1 amide bonds. The number of para-hydroxylation sites is 1. The van der Waals surface area contributed by atoms with Gasteiger partial charge in [0, 0.05) is 53.0 Å². The first-order valence-corrected chi connectivity index (χ1v) is 11.5. The Kier molecular flexibility index (Phi) is 6.40. The van der Waals surface area contributed by atoms with Crippen molar-refractivity contribution in [3.8, 4) is 11.4 Å². The van der Waals surface area contributed by atoms with Crippen LogP contribution in [0.3, 0.4) is 0 Å². The molecule has 1 unspecified atom stereocenters. The second-order valence-corrected chi connectivity index (χ2v) is 8.51. The molecular formula is C27H23ClN4O2. The van der Waals surface area contributed by atoms with E-state index in [0.717, 1.165) is 27.6 Å². The second kappa shape index (κ2) is 9.93. The number of carbonyl (C=O) groups excluding carboxylic acids is 1. The van der Waals surface area contributed by atoms with E-state index in [0.29, 0.717) is 29.7 Å². The van der Waals surface area contributed by atoms with Crippen molar-refractivity contribution < 1.29 is 9.32 Å². The van der Waals surface area contributed by atoms with Gasteiger partial charge in [0.25, 0.3) is 0 Å². The number of aryl methyl sites for hydroxylation is 1. The number of nitrogens with one attached hydrogen (secondary N) is 2. The van der Waals surface area contributed by atoms with Crippen LogP contribution in [-0.2, 0) is 11.2 Å². The molecule has 0 fully saturated rings. The van der Waals surface area contributed by atoms with Gasteiger partial charge in [-0.3, -0.25) is 4.79 Å². The molecule has 5 aromatic rings. The summed E-state index contributed by atoms with van der Waals surface area (Å²) >= 11 is 5.93. The quantitative estimate of drug-likeness (QED) is 0.302. The number of H-pyrrole nitrogens is 1. The van der Waals surface area contributed by atoms with E-state index in [2.05, 4.69) is 44.7 Å². The van der Waals surface area contributed by atoms with Gasteiger partial charge in [-0.15, -0.1) is 0 Å². The second-order valence-electron chi connectivity index (χ2n) is 8.08. The van der Waals surface area contributed by atoms with Gasteiger partial charge in [0.2, 0.25) is 17.6 Å². The zero-order chi connectivity index (χ0) is 23.3. The molecule has 7 heteroatoms. The summed E-state index contributed by atoms with van der Waals surface area (Å²) in [7, 11) is 0. The maximum Gasteiger partial charge on any atom is 0.227 e. The van der Waals surface area contributed by atoms with Crippen LogP contribution in [0.2, 0.25) is 5.02 Å². The predicted octanol–water partition coefficient (Wildman–Crippen LogP) is 5.75. The SMILES string of the molecule is O=C(CCc1nc(-c2ccc(Cl)cc2)no1)NCC(c1ccccc1)c1c[nH]c2ccccc12. The fourth-order valence-corrected chi connectivity index (χ4v) is 4.20. The number of hydrogen-bond acceptors (Lipinski definition) is 4. The van der Waals surface area contributed by atoms with Gasteiger partial charge < -0.3 is 14.8 Å². The van der Waals surface area contributed by atoms with E-state index in [1.165, 1.54) is 0 Å². The molecule has 170 valence electrons. The molecule has 2 aromatic heterocycles. The molecular weight excluding hydrogens is 448 g/mol. The highest BCUT2D eigenvalue weighted by Crippen LogP contribution is 2.30. The minimum Gasteiger partial charge on any atom is -0.361 e. The number of rotatable bonds is 8. The Labute approximate surface area is 202 Å². The van der Waals surface area contributed by atoms with E-state index < -0.39 is 0 Å². The van der Waals surface area contributed by atoms with Gasteiger partial charge in [-0.2, -0.15) is 4.98 Å². The molecule has 0 aliphatic carbocycles. The lowest BCUT2D eigenvalue weighted by Crippen LogP contribution is -2.29. The molecule has 0 saturated heterocycles. The monoisotopic (exact) mass is 470 g/mol. The number of hydrogen-bond donors (Lipinski definition) is 2. The van der Waals surface area contributed by atoms with Crippen LogP contribution < -0.4 is 5.32 Å². The molecule has 0 aliphatic rings. The van der Waals surface area contributed by atoms with Gasteiger partial charge in [-0.1, -0.05) is 65.3 Å².